The summed E-state index contributed by atoms with van der Waals surface area (Å²) in [6.07, 6.45) is 0.238. The molecular weight excluding hydrogens is 372 g/mol. The van der Waals surface area contributed by atoms with Gasteiger partial charge in [-0.15, -0.1) is 11.3 Å². The van der Waals surface area contributed by atoms with Gasteiger partial charge >= 0.3 is 0 Å². The Labute approximate surface area is 167 Å². The Morgan fingerprint density at radius 2 is 1.57 bits per heavy atom. The third-order valence-electron chi connectivity index (χ3n) is 4.10. The van der Waals surface area contributed by atoms with Crippen LogP contribution in [0.25, 0.3) is 0 Å². The number of rotatable bonds is 7. The fraction of sp³-hybridized carbons (Fsp3) is 0.136. The Morgan fingerprint density at radius 1 is 0.857 bits per heavy atom. The van der Waals surface area contributed by atoms with Gasteiger partial charge in [-0.3, -0.25) is 14.4 Å². The molecule has 1 heterocycles. The summed E-state index contributed by atoms with van der Waals surface area (Å²) in [5, 5.41) is 7.40. The van der Waals surface area contributed by atoms with Gasteiger partial charge in [-0.25, -0.2) is 0 Å². The van der Waals surface area contributed by atoms with Gasteiger partial charge in [0.25, 0.3) is 5.91 Å². The summed E-state index contributed by atoms with van der Waals surface area (Å²) >= 11 is 1.36. The molecule has 6 heteroatoms. The lowest BCUT2D eigenvalue weighted by molar-refractivity contribution is -0.116. The van der Waals surface area contributed by atoms with Gasteiger partial charge in [0.15, 0.2) is 5.78 Å². The lowest BCUT2D eigenvalue weighted by atomic mass is 10.0. The van der Waals surface area contributed by atoms with Crippen molar-refractivity contribution in [1.29, 1.82) is 0 Å². The number of carbonyl (C=O) groups excluding carboxylic acids is 3. The lowest BCUT2D eigenvalue weighted by Gasteiger charge is -2.08. The molecule has 0 fully saturated rings. The molecule has 0 atom stereocenters. The van der Waals surface area contributed by atoms with Gasteiger partial charge in [0.2, 0.25) is 5.91 Å². The summed E-state index contributed by atoms with van der Waals surface area (Å²) in [5.41, 5.74) is 2.85. The van der Waals surface area contributed by atoms with Gasteiger partial charge in [-0.05, 0) is 36.6 Å². The lowest BCUT2D eigenvalue weighted by Crippen LogP contribution is -2.14. The Balaban J connectivity index is 1.53. The van der Waals surface area contributed by atoms with Gasteiger partial charge in [0.1, 0.15) is 0 Å². The van der Waals surface area contributed by atoms with Gasteiger partial charge < -0.3 is 10.6 Å². The SMILES string of the molecule is Cc1ccc(C(=O)CCC(=O)Nc2cccc(NC(=O)c3cccs3)c2)cc1. The number of thiophene rings is 1. The predicted molar refractivity (Wildman–Crippen MR) is 112 cm³/mol. The van der Waals surface area contributed by atoms with Crippen molar-refractivity contribution in [3.63, 3.8) is 0 Å². The van der Waals surface area contributed by atoms with Crippen LogP contribution in [-0.2, 0) is 4.79 Å². The number of hydrogen-bond acceptors (Lipinski definition) is 4. The molecule has 2 N–H and O–H groups in total. The van der Waals surface area contributed by atoms with Crippen LogP contribution in [0.5, 0.6) is 0 Å². The Bertz CT molecular complexity index is 979. The predicted octanol–water partition coefficient (Wildman–Crippen LogP) is 4.91. The Hall–Kier alpha value is -3.25. The van der Waals surface area contributed by atoms with E-state index < -0.39 is 0 Å². The van der Waals surface area contributed by atoms with E-state index >= 15 is 0 Å². The van der Waals surface area contributed by atoms with E-state index in [2.05, 4.69) is 10.6 Å². The van der Waals surface area contributed by atoms with E-state index in [1.54, 1.807) is 42.5 Å². The molecule has 1 aromatic heterocycles. The summed E-state index contributed by atoms with van der Waals surface area (Å²) in [5.74, 6) is -0.503. The van der Waals surface area contributed by atoms with E-state index in [1.165, 1.54) is 11.3 Å². The zero-order valence-corrected chi connectivity index (χ0v) is 16.2. The molecule has 2 aromatic carbocycles. The quantitative estimate of drug-likeness (QED) is 0.561. The highest BCUT2D eigenvalue weighted by Gasteiger charge is 2.11. The number of Topliss-reactive ketones (excluding diaryl/α,β-unsaturated/α-hetero) is 1. The van der Waals surface area contributed by atoms with Crippen molar-refractivity contribution >= 4 is 40.3 Å². The van der Waals surface area contributed by atoms with Crippen LogP contribution >= 0.6 is 11.3 Å². The number of ketones is 1. The second-order valence-corrected chi connectivity index (χ2v) is 7.30. The van der Waals surface area contributed by atoms with Crippen molar-refractivity contribution in [2.75, 3.05) is 10.6 Å². The summed E-state index contributed by atoms with van der Waals surface area (Å²) in [7, 11) is 0. The topological polar surface area (TPSA) is 75.3 Å². The molecule has 142 valence electrons. The fourth-order valence-electron chi connectivity index (χ4n) is 2.61. The van der Waals surface area contributed by atoms with Crippen LogP contribution in [0.4, 0.5) is 11.4 Å². The van der Waals surface area contributed by atoms with E-state index in [9.17, 15) is 14.4 Å². The minimum atomic E-state index is -0.248. The number of anilines is 2. The van der Waals surface area contributed by atoms with E-state index in [0.29, 0.717) is 21.8 Å². The highest BCUT2D eigenvalue weighted by molar-refractivity contribution is 7.12. The maximum Gasteiger partial charge on any atom is 0.265 e. The molecule has 0 aliphatic heterocycles. The zero-order valence-electron chi connectivity index (χ0n) is 15.4. The molecule has 0 aliphatic carbocycles. The maximum atomic E-state index is 12.2. The zero-order chi connectivity index (χ0) is 19.9. The second-order valence-electron chi connectivity index (χ2n) is 6.35. The highest BCUT2D eigenvalue weighted by Crippen LogP contribution is 2.18. The first kappa shape index (κ1) is 19.5. The van der Waals surface area contributed by atoms with Gasteiger partial charge in [0.05, 0.1) is 4.88 Å². The average Bonchev–Trinajstić information content (AvgIpc) is 3.22. The van der Waals surface area contributed by atoms with Crippen LogP contribution in [0.2, 0.25) is 0 Å². The average molecular weight is 392 g/mol. The first-order chi connectivity index (χ1) is 13.5. The minimum Gasteiger partial charge on any atom is -0.326 e. The number of hydrogen-bond donors (Lipinski definition) is 2. The molecule has 28 heavy (non-hydrogen) atoms. The number of nitrogens with one attached hydrogen (secondary N) is 2. The molecule has 0 bridgehead atoms. The second kappa shape index (κ2) is 9.10. The third kappa shape index (κ3) is 5.37. The van der Waals surface area contributed by atoms with Crippen LogP contribution in [0.1, 0.15) is 38.4 Å². The van der Waals surface area contributed by atoms with Crippen LogP contribution in [0.3, 0.4) is 0 Å². The maximum absolute atomic E-state index is 12.2. The fourth-order valence-corrected chi connectivity index (χ4v) is 3.23. The van der Waals surface area contributed by atoms with Gasteiger partial charge in [-0.2, -0.15) is 0 Å². The number of benzene rings is 2. The van der Waals surface area contributed by atoms with Crippen molar-refractivity contribution in [2.45, 2.75) is 19.8 Å². The first-order valence-corrected chi connectivity index (χ1v) is 9.74. The molecule has 0 aliphatic rings. The van der Waals surface area contributed by atoms with E-state index in [-0.39, 0.29) is 30.4 Å². The smallest absolute Gasteiger partial charge is 0.265 e. The van der Waals surface area contributed by atoms with Crippen LogP contribution in [-0.4, -0.2) is 17.6 Å². The molecule has 0 saturated carbocycles. The van der Waals surface area contributed by atoms with Crippen molar-refractivity contribution in [3.05, 3.63) is 82.0 Å². The Morgan fingerprint density at radius 3 is 2.25 bits per heavy atom. The largest absolute Gasteiger partial charge is 0.326 e. The number of carbonyl (C=O) groups is 3. The van der Waals surface area contributed by atoms with Crippen LogP contribution in [0.15, 0.2) is 66.0 Å². The summed E-state index contributed by atoms with van der Waals surface area (Å²) in [6.45, 7) is 1.96. The molecule has 5 nitrogen and oxygen atoms in total. The summed E-state index contributed by atoms with van der Waals surface area (Å²) in [6, 6.07) is 17.8. The molecule has 0 unspecified atom stereocenters. The molecule has 0 radical (unpaired) electrons. The van der Waals surface area contributed by atoms with Gasteiger partial charge in [-0.1, -0.05) is 42.0 Å². The third-order valence-corrected chi connectivity index (χ3v) is 4.97. The van der Waals surface area contributed by atoms with Crippen LogP contribution in [0, 0.1) is 6.92 Å². The number of aryl methyl sites for hydroxylation is 1. The highest BCUT2D eigenvalue weighted by atomic mass is 32.1. The normalized spacial score (nSPS) is 10.3. The standard InChI is InChI=1S/C22H20N2O3S/c1-15-7-9-16(10-8-15)19(25)11-12-21(26)23-17-4-2-5-18(14-17)24-22(27)20-6-3-13-28-20/h2-10,13-14H,11-12H2,1H3,(H,23,26)(H,24,27). The summed E-state index contributed by atoms with van der Waals surface area (Å²) < 4.78 is 0. The van der Waals surface area contributed by atoms with E-state index in [1.807, 2.05) is 30.5 Å². The summed E-state index contributed by atoms with van der Waals surface area (Å²) in [4.78, 5) is 37.1. The Kier molecular flexibility index (Phi) is 6.34. The van der Waals surface area contributed by atoms with E-state index in [0.717, 1.165) is 5.56 Å². The molecule has 0 spiro atoms. The van der Waals surface area contributed by atoms with Crippen molar-refractivity contribution in [2.24, 2.45) is 0 Å². The minimum absolute atomic E-state index is 0.0629. The molecule has 3 rings (SSSR count). The van der Waals surface area contributed by atoms with E-state index in [4.69, 9.17) is 0 Å². The first-order valence-electron chi connectivity index (χ1n) is 8.86. The molecular formula is C22H20N2O3S. The van der Waals surface area contributed by atoms with Gasteiger partial charge in [0, 0.05) is 29.8 Å². The van der Waals surface area contributed by atoms with Crippen molar-refractivity contribution in [1.82, 2.24) is 0 Å². The van der Waals surface area contributed by atoms with Crippen molar-refractivity contribution in [3.8, 4) is 0 Å². The van der Waals surface area contributed by atoms with Crippen LogP contribution < -0.4 is 10.6 Å². The molecule has 0 saturated heterocycles. The van der Waals surface area contributed by atoms with Crippen molar-refractivity contribution < 1.29 is 14.4 Å². The molecule has 2 amide bonds. The number of amides is 2. The monoisotopic (exact) mass is 392 g/mol. The molecule has 3 aromatic rings.